The zero-order valence-corrected chi connectivity index (χ0v) is 17.7. The summed E-state index contributed by atoms with van der Waals surface area (Å²) < 4.78 is 20.3. The predicted octanol–water partition coefficient (Wildman–Crippen LogP) is 2.05. The molecular formula is C22H20FN7O3. The Morgan fingerprint density at radius 3 is 2.88 bits per heavy atom. The average molecular weight is 449 g/mol. The van der Waals surface area contributed by atoms with Gasteiger partial charge in [-0.1, -0.05) is 0 Å². The van der Waals surface area contributed by atoms with Crippen molar-refractivity contribution in [2.24, 2.45) is 0 Å². The molecule has 10 nitrogen and oxygen atoms in total. The van der Waals surface area contributed by atoms with Gasteiger partial charge in [0.25, 0.3) is 0 Å². The lowest BCUT2D eigenvalue weighted by Crippen LogP contribution is -2.33. The number of amides is 2. The van der Waals surface area contributed by atoms with E-state index in [4.69, 9.17) is 4.74 Å². The number of carbonyl (C=O) groups excluding carboxylic acids is 2. The van der Waals surface area contributed by atoms with Crippen LogP contribution in [-0.4, -0.2) is 51.1 Å². The number of cyclic esters (lactones) is 1. The summed E-state index contributed by atoms with van der Waals surface area (Å²) in [6.07, 6.45) is 5.42. The minimum absolute atomic E-state index is 0.208. The molecule has 0 bridgehead atoms. The lowest BCUT2D eigenvalue weighted by atomic mass is 10.2. The van der Waals surface area contributed by atoms with Crippen LogP contribution in [0.25, 0.3) is 11.5 Å². The van der Waals surface area contributed by atoms with E-state index < -0.39 is 18.0 Å². The maximum atomic E-state index is 15.1. The summed E-state index contributed by atoms with van der Waals surface area (Å²) >= 11 is 0. The van der Waals surface area contributed by atoms with E-state index in [2.05, 4.69) is 25.3 Å². The Morgan fingerprint density at radius 2 is 2.12 bits per heavy atom. The van der Waals surface area contributed by atoms with Crippen LogP contribution in [0.3, 0.4) is 0 Å². The molecule has 0 unspecified atom stereocenters. The number of ether oxygens (including phenoxy) is 1. The molecule has 1 saturated heterocycles. The van der Waals surface area contributed by atoms with Gasteiger partial charge in [-0.2, -0.15) is 0 Å². The largest absolute Gasteiger partial charge is 0.442 e. The van der Waals surface area contributed by atoms with Gasteiger partial charge < -0.3 is 15.0 Å². The van der Waals surface area contributed by atoms with Gasteiger partial charge in [-0.3, -0.25) is 14.7 Å². The molecule has 5 rings (SSSR count). The second kappa shape index (κ2) is 8.41. The fourth-order valence-corrected chi connectivity index (χ4v) is 3.88. The van der Waals surface area contributed by atoms with Gasteiger partial charge in [0.2, 0.25) is 5.91 Å². The lowest BCUT2D eigenvalue weighted by molar-refractivity contribution is -0.119. The van der Waals surface area contributed by atoms with Gasteiger partial charge in [0.1, 0.15) is 17.6 Å². The minimum atomic E-state index is -0.571. The predicted molar refractivity (Wildman–Crippen MR) is 116 cm³/mol. The van der Waals surface area contributed by atoms with Crippen molar-refractivity contribution in [2.75, 3.05) is 22.9 Å². The van der Waals surface area contributed by atoms with Crippen LogP contribution in [0.2, 0.25) is 0 Å². The molecule has 2 aliphatic heterocycles. The van der Waals surface area contributed by atoms with Gasteiger partial charge in [0, 0.05) is 37.6 Å². The molecule has 168 valence electrons. The zero-order chi connectivity index (χ0) is 22.9. The number of halogens is 1. The summed E-state index contributed by atoms with van der Waals surface area (Å²) in [5.41, 5.74) is 3.09. The zero-order valence-electron chi connectivity index (χ0n) is 17.7. The first-order valence-electron chi connectivity index (χ1n) is 10.4. The molecule has 33 heavy (non-hydrogen) atoms. The molecule has 1 N–H and O–H groups in total. The highest BCUT2D eigenvalue weighted by Gasteiger charge is 2.33. The Bertz CT molecular complexity index is 1220. The van der Waals surface area contributed by atoms with E-state index in [0.29, 0.717) is 36.0 Å². The number of hydrogen-bond acceptors (Lipinski definition) is 8. The first-order valence-corrected chi connectivity index (χ1v) is 10.4. The Kier molecular flexibility index (Phi) is 5.29. The Balaban J connectivity index is 1.31. The Morgan fingerprint density at radius 1 is 1.24 bits per heavy atom. The van der Waals surface area contributed by atoms with Crippen molar-refractivity contribution in [3.63, 3.8) is 0 Å². The highest BCUT2D eigenvalue weighted by Crippen LogP contribution is 2.32. The van der Waals surface area contributed by atoms with Crippen LogP contribution in [0.5, 0.6) is 0 Å². The Labute approximate surface area is 188 Å². The smallest absolute Gasteiger partial charge is 0.414 e. The third-order valence-electron chi connectivity index (χ3n) is 5.48. The number of nitrogens with one attached hydrogen (secondary N) is 1. The fraction of sp³-hybridized carbons (Fsp3) is 0.273. The number of fused-ring (bicyclic) bond motifs is 1. The van der Waals surface area contributed by atoms with Crippen molar-refractivity contribution in [3.05, 3.63) is 60.1 Å². The van der Waals surface area contributed by atoms with Gasteiger partial charge >= 0.3 is 6.09 Å². The standard InChI is InChI=1S/C22H20FN7O3/c1-13(31)26-8-16-11-30(22(32)33-16)15-2-3-20(17(23)6-15)29-10-14-7-27-21(28-19(14)12-29)18-9-24-4-5-25-18/h2-7,9,16H,8,10-12H2,1H3,(H,26,31)/t16-/m0/s1. The fourth-order valence-electron chi connectivity index (χ4n) is 3.88. The number of carbonyl (C=O) groups is 2. The summed E-state index contributed by atoms with van der Waals surface area (Å²) in [4.78, 5) is 43.7. The van der Waals surface area contributed by atoms with Crippen molar-refractivity contribution in [2.45, 2.75) is 26.1 Å². The van der Waals surface area contributed by atoms with Gasteiger partial charge in [-0.05, 0) is 18.2 Å². The molecule has 3 aromatic rings. The third-order valence-corrected chi connectivity index (χ3v) is 5.48. The van der Waals surface area contributed by atoms with Gasteiger partial charge in [-0.15, -0.1) is 0 Å². The molecule has 1 fully saturated rings. The van der Waals surface area contributed by atoms with E-state index in [1.54, 1.807) is 36.9 Å². The van der Waals surface area contributed by atoms with E-state index in [0.717, 1.165) is 11.3 Å². The normalized spacial score (nSPS) is 17.2. The molecule has 0 spiro atoms. The summed E-state index contributed by atoms with van der Waals surface area (Å²) in [5.74, 6) is -0.193. The SMILES string of the molecule is CC(=O)NC[C@H]1CN(c2ccc(N3Cc4cnc(-c5cnccn5)nc4C3)c(F)c2)C(=O)O1. The molecule has 4 heterocycles. The molecule has 0 aliphatic carbocycles. The van der Waals surface area contributed by atoms with E-state index >= 15 is 4.39 Å². The quantitative estimate of drug-likeness (QED) is 0.630. The molecule has 2 aliphatic rings. The first-order chi connectivity index (χ1) is 16.0. The average Bonchev–Trinajstić information content (AvgIpc) is 3.40. The summed E-state index contributed by atoms with van der Waals surface area (Å²) in [7, 11) is 0. The summed E-state index contributed by atoms with van der Waals surface area (Å²) in [5, 5.41) is 2.62. The van der Waals surface area contributed by atoms with Gasteiger partial charge in [-0.25, -0.2) is 24.1 Å². The maximum Gasteiger partial charge on any atom is 0.414 e. The number of benzene rings is 1. The molecule has 2 aromatic heterocycles. The minimum Gasteiger partial charge on any atom is -0.442 e. The molecule has 1 atom stereocenters. The van der Waals surface area contributed by atoms with Crippen molar-refractivity contribution < 1.29 is 18.7 Å². The van der Waals surface area contributed by atoms with Crippen LogP contribution in [0.4, 0.5) is 20.6 Å². The van der Waals surface area contributed by atoms with Crippen LogP contribution in [-0.2, 0) is 22.6 Å². The molecule has 0 radical (unpaired) electrons. The topological polar surface area (TPSA) is 113 Å². The highest BCUT2D eigenvalue weighted by molar-refractivity contribution is 5.90. The van der Waals surface area contributed by atoms with E-state index in [1.165, 1.54) is 17.9 Å². The number of anilines is 2. The second-order valence-electron chi connectivity index (χ2n) is 7.80. The Hall–Kier alpha value is -4.15. The van der Waals surface area contributed by atoms with Gasteiger partial charge in [0.15, 0.2) is 5.82 Å². The van der Waals surface area contributed by atoms with Crippen LogP contribution < -0.4 is 15.1 Å². The number of aromatic nitrogens is 4. The maximum absolute atomic E-state index is 15.1. The van der Waals surface area contributed by atoms with E-state index in [1.807, 2.05) is 4.90 Å². The number of nitrogens with zero attached hydrogens (tertiary/aromatic N) is 6. The number of rotatable bonds is 5. The van der Waals surface area contributed by atoms with Gasteiger partial charge in [0.05, 0.1) is 42.9 Å². The van der Waals surface area contributed by atoms with Crippen molar-refractivity contribution >= 4 is 23.4 Å². The van der Waals surface area contributed by atoms with Crippen LogP contribution >= 0.6 is 0 Å². The number of hydrogen-bond donors (Lipinski definition) is 1. The molecular weight excluding hydrogens is 429 g/mol. The van der Waals surface area contributed by atoms with Crippen molar-refractivity contribution in [3.8, 4) is 11.5 Å². The second-order valence-corrected chi connectivity index (χ2v) is 7.80. The highest BCUT2D eigenvalue weighted by atomic mass is 19.1. The van der Waals surface area contributed by atoms with Crippen molar-refractivity contribution in [1.29, 1.82) is 0 Å². The summed E-state index contributed by atoms with van der Waals surface area (Å²) in [6.45, 7) is 2.72. The van der Waals surface area contributed by atoms with Crippen LogP contribution in [0.1, 0.15) is 18.2 Å². The van der Waals surface area contributed by atoms with E-state index in [9.17, 15) is 9.59 Å². The molecule has 1 aromatic carbocycles. The van der Waals surface area contributed by atoms with Crippen molar-refractivity contribution in [1.82, 2.24) is 25.3 Å². The van der Waals surface area contributed by atoms with Crippen LogP contribution in [0, 0.1) is 5.82 Å². The van der Waals surface area contributed by atoms with E-state index in [-0.39, 0.29) is 19.0 Å². The molecule has 2 amide bonds. The third kappa shape index (κ3) is 4.16. The first kappa shape index (κ1) is 20.7. The molecule has 11 heteroatoms. The lowest BCUT2D eigenvalue weighted by Gasteiger charge is -2.20. The summed E-state index contributed by atoms with van der Waals surface area (Å²) in [6, 6.07) is 4.64. The molecule has 0 saturated carbocycles. The van der Waals surface area contributed by atoms with Crippen LogP contribution in [0.15, 0.2) is 43.0 Å². The monoisotopic (exact) mass is 449 g/mol.